The van der Waals surface area contributed by atoms with Crippen LogP contribution in [-0.4, -0.2) is 32.5 Å². The van der Waals surface area contributed by atoms with E-state index >= 15 is 0 Å². The van der Waals surface area contributed by atoms with E-state index in [2.05, 4.69) is 5.10 Å². The van der Waals surface area contributed by atoms with E-state index in [9.17, 15) is 4.79 Å². The van der Waals surface area contributed by atoms with Crippen molar-refractivity contribution in [3.63, 3.8) is 0 Å². The zero-order chi connectivity index (χ0) is 13.9. The second-order valence-electron chi connectivity index (χ2n) is 4.69. The minimum Gasteiger partial charge on any atom is -0.492 e. The van der Waals surface area contributed by atoms with Gasteiger partial charge in [0.2, 0.25) is 0 Å². The van der Waals surface area contributed by atoms with Crippen LogP contribution in [0.25, 0.3) is 0 Å². The summed E-state index contributed by atoms with van der Waals surface area (Å²) in [5.74, 6) is 0.767. The largest absolute Gasteiger partial charge is 0.492 e. The van der Waals surface area contributed by atoms with Gasteiger partial charge in [0.1, 0.15) is 12.4 Å². The number of nitrogens with zero attached hydrogens (tertiary/aromatic N) is 3. The highest BCUT2D eigenvalue weighted by molar-refractivity contribution is 5.66. The average molecular weight is 273 g/mol. The van der Waals surface area contributed by atoms with Crippen LogP contribution in [0.2, 0.25) is 0 Å². The molecule has 20 heavy (non-hydrogen) atoms. The molecule has 1 amide bonds. The fraction of sp³-hybridized carbons (Fsp3) is 0.286. The van der Waals surface area contributed by atoms with Crippen molar-refractivity contribution in [2.24, 2.45) is 0 Å². The Kier molecular flexibility index (Phi) is 3.28. The minimum absolute atomic E-state index is 0.432. The second kappa shape index (κ2) is 5.24. The molecule has 1 aromatic heterocycles. The lowest BCUT2D eigenvalue weighted by Gasteiger charge is -2.08. The van der Waals surface area contributed by atoms with E-state index in [-0.39, 0.29) is 0 Å². The number of hydrogen-bond acceptors (Lipinski definition) is 3. The van der Waals surface area contributed by atoms with Gasteiger partial charge in [-0.3, -0.25) is 9.58 Å². The Morgan fingerprint density at radius 1 is 1.35 bits per heavy atom. The van der Waals surface area contributed by atoms with Gasteiger partial charge in [-0.05, 0) is 29.3 Å². The summed E-state index contributed by atoms with van der Waals surface area (Å²) >= 11 is 0. The summed E-state index contributed by atoms with van der Waals surface area (Å²) in [7, 11) is 0. The maximum Gasteiger partial charge on any atom is 0.407 e. The Bertz CT molecular complexity index is 610. The highest BCUT2D eigenvalue weighted by atomic mass is 16.5. The number of ether oxygens (including phenoxy) is 1. The number of amides is 1. The van der Waals surface area contributed by atoms with E-state index in [1.165, 1.54) is 4.90 Å². The van der Waals surface area contributed by atoms with E-state index in [1.54, 1.807) is 10.9 Å². The lowest BCUT2D eigenvalue weighted by atomic mass is 10.1. The van der Waals surface area contributed by atoms with Crippen molar-refractivity contribution in [3.05, 3.63) is 47.8 Å². The lowest BCUT2D eigenvalue weighted by molar-refractivity contribution is 0.145. The summed E-state index contributed by atoms with van der Waals surface area (Å²) in [5, 5.41) is 13.1. The van der Waals surface area contributed by atoms with Gasteiger partial charge in [0, 0.05) is 25.5 Å². The van der Waals surface area contributed by atoms with Crippen LogP contribution < -0.4 is 4.74 Å². The van der Waals surface area contributed by atoms with Crippen LogP contribution in [0.5, 0.6) is 5.75 Å². The summed E-state index contributed by atoms with van der Waals surface area (Å²) in [6.45, 7) is 2.10. The molecule has 0 atom stereocenters. The summed E-state index contributed by atoms with van der Waals surface area (Å²) in [6, 6.07) is 7.60. The third kappa shape index (κ3) is 2.59. The van der Waals surface area contributed by atoms with Gasteiger partial charge >= 0.3 is 6.09 Å². The molecule has 1 aromatic carbocycles. The van der Waals surface area contributed by atoms with E-state index in [0.29, 0.717) is 26.2 Å². The molecular weight excluding hydrogens is 258 g/mol. The molecule has 0 saturated heterocycles. The standard InChI is InChI=1S/C14H15N3O3/c18-14(19)16-9-11-2-3-13(8-12(11)10-16)20-7-6-17-5-1-4-15-17/h1-5,8H,6-7,9-10H2,(H,18,19). The van der Waals surface area contributed by atoms with Gasteiger partial charge in [-0.25, -0.2) is 4.79 Å². The van der Waals surface area contributed by atoms with Crippen molar-refractivity contribution >= 4 is 6.09 Å². The number of fused-ring (bicyclic) bond motifs is 1. The Morgan fingerprint density at radius 3 is 2.95 bits per heavy atom. The molecule has 104 valence electrons. The molecule has 6 heteroatoms. The Balaban J connectivity index is 1.60. The van der Waals surface area contributed by atoms with E-state index < -0.39 is 6.09 Å². The van der Waals surface area contributed by atoms with Gasteiger partial charge in [-0.2, -0.15) is 5.10 Å². The predicted octanol–water partition coefficient (Wildman–Crippen LogP) is 1.96. The van der Waals surface area contributed by atoms with Gasteiger partial charge in [0.05, 0.1) is 6.54 Å². The van der Waals surface area contributed by atoms with Crippen molar-refractivity contribution in [3.8, 4) is 5.75 Å². The van der Waals surface area contributed by atoms with Crippen molar-refractivity contribution in [2.75, 3.05) is 6.61 Å². The molecule has 1 aliphatic rings. The molecule has 1 aliphatic heterocycles. The molecular formula is C14H15N3O3. The quantitative estimate of drug-likeness (QED) is 0.924. The van der Waals surface area contributed by atoms with Crippen LogP contribution in [0.4, 0.5) is 4.79 Å². The van der Waals surface area contributed by atoms with Gasteiger partial charge < -0.3 is 9.84 Å². The van der Waals surface area contributed by atoms with Crippen LogP contribution in [0.3, 0.4) is 0 Å². The van der Waals surface area contributed by atoms with E-state index in [4.69, 9.17) is 9.84 Å². The number of carbonyl (C=O) groups is 1. The normalized spacial score (nSPS) is 13.3. The molecule has 6 nitrogen and oxygen atoms in total. The van der Waals surface area contributed by atoms with Crippen LogP contribution in [0, 0.1) is 0 Å². The SMILES string of the molecule is O=C(O)N1Cc2ccc(OCCn3cccn3)cc2C1. The topological polar surface area (TPSA) is 67.6 Å². The van der Waals surface area contributed by atoms with Crippen molar-refractivity contribution in [1.82, 2.24) is 14.7 Å². The lowest BCUT2D eigenvalue weighted by Crippen LogP contribution is -2.22. The smallest absolute Gasteiger partial charge is 0.407 e. The second-order valence-corrected chi connectivity index (χ2v) is 4.69. The first-order chi connectivity index (χ1) is 9.72. The Morgan fingerprint density at radius 2 is 2.20 bits per heavy atom. The molecule has 0 radical (unpaired) electrons. The van der Waals surface area contributed by atoms with Gasteiger partial charge in [-0.15, -0.1) is 0 Å². The van der Waals surface area contributed by atoms with Crippen LogP contribution in [0.15, 0.2) is 36.7 Å². The van der Waals surface area contributed by atoms with Crippen molar-refractivity contribution in [1.29, 1.82) is 0 Å². The van der Waals surface area contributed by atoms with Crippen molar-refractivity contribution in [2.45, 2.75) is 19.6 Å². The van der Waals surface area contributed by atoms with Gasteiger partial charge in [-0.1, -0.05) is 6.07 Å². The summed E-state index contributed by atoms with van der Waals surface area (Å²) in [4.78, 5) is 12.3. The number of carboxylic acid groups (broad SMARTS) is 1. The molecule has 0 unspecified atom stereocenters. The average Bonchev–Trinajstić information content (AvgIpc) is 3.06. The fourth-order valence-corrected chi connectivity index (χ4v) is 2.29. The Labute approximate surface area is 116 Å². The molecule has 0 bridgehead atoms. The summed E-state index contributed by atoms with van der Waals surface area (Å²) < 4.78 is 7.48. The molecule has 2 aromatic rings. The monoisotopic (exact) mass is 273 g/mol. The summed E-state index contributed by atoms with van der Waals surface area (Å²) in [6.07, 6.45) is 2.73. The van der Waals surface area contributed by atoms with Crippen LogP contribution in [-0.2, 0) is 19.6 Å². The summed E-state index contributed by atoms with van der Waals surface area (Å²) in [5.41, 5.74) is 2.07. The molecule has 3 rings (SSSR count). The zero-order valence-corrected chi connectivity index (χ0v) is 10.9. The Hall–Kier alpha value is -2.50. The van der Waals surface area contributed by atoms with Gasteiger partial charge in [0.15, 0.2) is 0 Å². The molecule has 0 fully saturated rings. The third-order valence-corrected chi connectivity index (χ3v) is 3.32. The maximum atomic E-state index is 10.9. The molecule has 0 aliphatic carbocycles. The minimum atomic E-state index is -0.887. The zero-order valence-electron chi connectivity index (χ0n) is 10.9. The molecule has 0 saturated carbocycles. The number of hydrogen-bond donors (Lipinski definition) is 1. The first-order valence-electron chi connectivity index (χ1n) is 6.42. The van der Waals surface area contributed by atoms with E-state index in [1.807, 2.05) is 30.5 Å². The van der Waals surface area contributed by atoms with Crippen LogP contribution in [0.1, 0.15) is 11.1 Å². The highest BCUT2D eigenvalue weighted by Crippen LogP contribution is 2.26. The number of aromatic nitrogens is 2. The van der Waals surface area contributed by atoms with E-state index in [0.717, 1.165) is 16.9 Å². The van der Waals surface area contributed by atoms with Crippen molar-refractivity contribution < 1.29 is 14.6 Å². The molecule has 1 N–H and O–H groups in total. The number of benzene rings is 1. The molecule has 0 spiro atoms. The predicted molar refractivity (Wildman–Crippen MR) is 71.4 cm³/mol. The van der Waals surface area contributed by atoms with Crippen LogP contribution >= 0.6 is 0 Å². The maximum absolute atomic E-state index is 10.9. The number of rotatable bonds is 4. The highest BCUT2D eigenvalue weighted by Gasteiger charge is 2.22. The van der Waals surface area contributed by atoms with Gasteiger partial charge in [0.25, 0.3) is 0 Å². The fourth-order valence-electron chi connectivity index (χ4n) is 2.29. The first kappa shape index (κ1) is 12.5. The first-order valence-corrected chi connectivity index (χ1v) is 6.42. The molecule has 2 heterocycles. The third-order valence-electron chi connectivity index (χ3n) is 3.32.